The maximum absolute atomic E-state index is 6.47. The summed E-state index contributed by atoms with van der Waals surface area (Å²) >= 11 is 0. The highest BCUT2D eigenvalue weighted by molar-refractivity contribution is 6.15. The van der Waals surface area contributed by atoms with E-state index in [4.69, 9.17) is 4.42 Å². The summed E-state index contributed by atoms with van der Waals surface area (Å²) < 4.78 is 8.85. The lowest BCUT2D eigenvalue weighted by molar-refractivity contribution is 0.672. The number of nitrogens with zero attached hydrogens (tertiary/aromatic N) is 2. The quantitative estimate of drug-likeness (QED) is 0.152. The van der Waals surface area contributed by atoms with Gasteiger partial charge in [-0.3, -0.25) is 0 Å². The van der Waals surface area contributed by atoms with E-state index in [1.165, 1.54) is 38.3 Å². The minimum atomic E-state index is 0.896. The van der Waals surface area contributed by atoms with Gasteiger partial charge in [0.25, 0.3) is 0 Å². The lowest BCUT2D eigenvalue weighted by Gasteiger charge is -2.27. The zero-order valence-corrected chi connectivity index (χ0v) is 36.6. The van der Waals surface area contributed by atoms with Crippen molar-refractivity contribution in [1.82, 2.24) is 4.57 Å². The van der Waals surface area contributed by atoms with Crippen LogP contribution >= 0.6 is 0 Å². The number of aromatic nitrogens is 1. The Labute approximate surface area is 388 Å². The third-order valence-corrected chi connectivity index (χ3v) is 13.4. The van der Waals surface area contributed by atoms with Gasteiger partial charge in [0.05, 0.1) is 11.0 Å². The summed E-state index contributed by atoms with van der Waals surface area (Å²) in [6.07, 6.45) is 0. The Morgan fingerprint density at radius 2 is 0.791 bits per heavy atom. The van der Waals surface area contributed by atoms with E-state index >= 15 is 0 Å². The first kappa shape index (κ1) is 38.5. The van der Waals surface area contributed by atoms with E-state index in [1.807, 2.05) is 0 Å². The molecule has 0 amide bonds. The lowest BCUT2D eigenvalue weighted by atomic mass is 9.97. The van der Waals surface area contributed by atoms with Gasteiger partial charge in [0, 0.05) is 49.7 Å². The first-order chi connectivity index (χ1) is 33.2. The molecule has 67 heavy (non-hydrogen) atoms. The average molecular weight is 855 g/mol. The zero-order valence-electron chi connectivity index (χ0n) is 36.6. The molecule has 0 atom stereocenters. The van der Waals surface area contributed by atoms with Crippen molar-refractivity contribution in [2.24, 2.45) is 0 Å². The molecule has 0 aliphatic heterocycles. The van der Waals surface area contributed by atoms with Crippen molar-refractivity contribution in [2.45, 2.75) is 0 Å². The van der Waals surface area contributed by atoms with Crippen molar-refractivity contribution in [1.29, 1.82) is 0 Å². The minimum Gasteiger partial charge on any atom is -0.455 e. The highest BCUT2D eigenvalue weighted by Gasteiger charge is 2.18. The van der Waals surface area contributed by atoms with E-state index in [0.717, 1.165) is 83.5 Å². The van der Waals surface area contributed by atoms with Gasteiger partial charge in [-0.15, -0.1) is 0 Å². The number of para-hydroxylation sites is 2. The van der Waals surface area contributed by atoms with Crippen LogP contribution in [0, 0.1) is 0 Å². The molecule has 0 N–H and O–H groups in total. The van der Waals surface area contributed by atoms with Gasteiger partial charge in [-0.25, -0.2) is 0 Å². The van der Waals surface area contributed by atoms with Gasteiger partial charge in [0.15, 0.2) is 0 Å². The molecule has 0 fully saturated rings. The summed E-state index contributed by atoms with van der Waals surface area (Å²) in [6.45, 7) is 0. The topological polar surface area (TPSA) is 21.3 Å². The Kier molecular flexibility index (Phi) is 9.17. The first-order valence-corrected chi connectivity index (χ1v) is 22.9. The maximum atomic E-state index is 6.47. The molecule has 3 nitrogen and oxygen atoms in total. The fourth-order valence-electron chi connectivity index (χ4n) is 10.1. The molecule has 13 aromatic rings. The standard InChI is InChI=1S/C64H42N2O/c1-3-14-43(15-4-1)50-38-51(44-16-5-2-6-17-44)41-55(40-50)65(53-34-28-46(29-35-53)49-31-37-63-60(42-49)59-36-30-47-18-7-8-21-56(47)64(59)67-63)52-32-26-45(27-33-52)48-19-13-20-54(39-48)66-61-24-11-9-22-57(61)58-23-10-12-25-62(58)66/h1-42H. The molecule has 13 rings (SSSR count). The van der Waals surface area contributed by atoms with Crippen LogP contribution in [0.1, 0.15) is 0 Å². The molecule has 0 bridgehead atoms. The average Bonchev–Trinajstić information content (AvgIpc) is 3.96. The molecule has 0 radical (unpaired) electrons. The minimum absolute atomic E-state index is 0.896. The van der Waals surface area contributed by atoms with Gasteiger partial charge in [-0.2, -0.15) is 0 Å². The molecule has 0 aliphatic carbocycles. The molecule has 2 aromatic heterocycles. The van der Waals surface area contributed by atoms with Gasteiger partial charge < -0.3 is 13.9 Å². The van der Waals surface area contributed by atoms with Crippen LogP contribution in [0.4, 0.5) is 17.1 Å². The van der Waals surface area contributed by atoms with Gasteiger partial charge in [0.2, 0.25) is 0 Å². The van der Waals surface area contributed by atoms with Gasteiger partial charge in [-0.05, 0) is 135 Å². The summed E-state index contributed by atoms with van der Waals surface area (Å²) in [7, 11) is 0. The summed E-state index contributed by atoms with van der Waals surface area (Å²) in [5, 5.41) is 7.08. The number of rotatable bonds is 8. The molecule has 11 aromatic carbocycles. The SMILES string of the molecule is c1ccc(-c2cc(-c3ccccc3)cc(N(c3ccc(-c4cccc(-n5c6ccccc6c6ccccc65)c4)cc3)c3ccc(-c4ccc5oc6c7ccccc7ccc6c5c4)cc3)c2)cc1. The molecule has 314 valence electrons. The van der Waals surface area contributed by atoms with E-state index in [0.29, 0.717) is 0 Å². The second-order valence-corrected chi connectivity index (χ2v) is 17.3. The Morgan fingerprint density at radius 1 is 0.284 bits per heavy atom. The second kappa shape index (κ2) is 16.0. The molecular formula is C64H42N2O. The Balaban J connectivity index is 0.920. The van der Waals surface area contributed by atoms with E-state index < -0.39 is 0 Å². The van der Waals surface area contributed by atoms with Crippen molar-refractivity contribution in [3.05, 3.63) is 255 Å². The van der Waals surface area contributed by atoms with Crippen LogP contribution < -0.4 is 4.90 Å². The van der Waals surface area contributed by atoms with Crippen LogP contribution in [0.2, 0.25) is 0 Å². The summed E-state index contributed by atoms with van der Waals surface area (Å²) in [5.74, 6) is 0. The number of hydrogen-bond donors (Lipinski definition) is 0. The van der Waals surface area contributed by atoms with Crippen molar-refractivity contribution in [3.63, 3.8) is 0 Å². The zero-order chi connectivity index (χ0) is 44.3. The molecular weight excluding hydrogens is 813 g/mol. The largest absolute Gasteiger partial charge is 0.455 e. The number of anilines is 3. The van der Waals surface area contributed by atoms with Crippen LogP contribution in [-0.2, 0) is 0 Å². The van der Waals surface area contributed by atoms with E-state index in [2.05, 4.69) is 264 Å². The molecule has 0 saturated heterocycles. The summed E-state index contributed by atoms with van der Waals surface area (Å²) in [5.41, 5.74) is 17.8. The molecule has 3 heteroatoms. The number of hydrogen-bond acceptors (Lipinski definition) is 2. The van der Waals surface area contributed by atoms with Gasteiger partial charge >= 0.3 is 0 Å². The molecule has 2 heterocycles. The van der Waals surface area contributed by atoms with Crippen molar-refractivity contribution in [3.8, 4) is 50.2 Å². The Morgan fingerprint density at radius 3 is 1.42 bits per heavy atom. The Bertz CT molecular complexity index is 3850. The van der Waals surface area contributed by atoms with E-state index in [-0.39, 0.29) is 0 Å². The van der Waals surface area contributed by atoms with Gasteiger partial charge in [-0.1, -0.05) is 170 Å². The molecule has 0 unspecified atom stereocenters. The predicted molar refractivity (Wildman–Crippen MR) is 282 cm³/mol. The fraction of sp³-hybridized carbons (Fsp3) is 0. The van der Waals surface area contributed by atoms with Crippen LogP contribution in [0.15, 0.2) is 259 Å². The van der Waals surface area contributed by atoms with Crippen molar-refractivity contribution in [2.75, 3.05) is 4.90 Å². The highest BCUT2D eigenvalue weighted by atomic mass is 16.3. The third kappa shape index (κ3) is 6.76. The fourth-order valence-corrected chi connectivity index (χ4v) is 10.1. The van der Waals surface area contributed by atoms with Crippen molar-refractivity contribution >= 4 is 71.6 Å². The lowest BCUT2D eigenvalue weighted by Crippen LogP contribution is -2.10. The Hall–Kier alpha value is -8.92. The second-order valence-electron chi connectivity index (χ2n) is 17.3. The number of fused-ring (bicyclic) bond motifs is 8. The summed E-state index contributed by atoms with van der Waals surface area (Å²) in [6, 6.07) is 92.0. The number of benzene rings is 11. The highest BCUT2D eigenvalue weighted by Crippen LogP contribution is 2.42. The number of furan rings is 1. The van der Waals surface area contributed by atoms with E-state index in [9.17, 15) is 0 Å². The van der Waals surface area contributed by atoms with Crippen LogP contribution in [0.5, 0.6) is 0 Å². The third-order valence-electron chi connectivity index (χ3n) is 13.4. The van der Waals surface area contributed by atoms with Crippen LogP contribution in [0.25, 0.3) is 105 Å². The van der Waals surface area contributed by atoms with E-state index in [1.54, 1.807) is 0 Å². The van der Waals surface area contributed by atoms with Crippen molar-refractivity contribution < 1.29 is 4.42 Å². The molecule has 0 aliphatic rings. The van der Waals surface area contributed by atoms with Gasteiger partial charge in [0.1, 0.15) is 11.2 Å². The summed E-state index contributed by atoms with van der Waals surface area (Å²) in [4.78, 5) is 2.39. The first-order valence-electron chi connectivity index (χ1n) is 22.9. The predicted octanol–water partition coefficient (Wildman–Crippen LogP) is 18.0. The monoisotopic (exact) mass is 854 g/mol. The van der Waals surface area contributed by atoms with Crippen LogP contribution in [0.3, 0.4) is 0 Å². The maximum Gasteiger partial charge on any atom is 0.143 e. The normalized spacial score (nSPS) is 11.6. The molecule has 0 saturated carbocycles. The smallest absolute Gasteiger partial charge is 0.143 e. The molecule has 0 spiro atoms. The van der Waals surface area contributed by atoms with Crippen LogP contribution in [-0.4, -0.2) is 4.57 Å².